The molecule has 2 heterocycles. The molecule has 0 spiro atoms. The van der Waals surface area contributed by atoms with Gasteiger partial charge in [-0.25, -0.2) is 0 Å². The molecule has 0 amide bonds. The van der Waals surface area contributed by atoms with E-state index in [1.165, 1.54) is 12.8 Å². The molecule has 2 unspecified atom stereocenters. The van der Waals surface area contributed by atoms with Gasteiger partial charge < -0.3 is 9.84 Å². The third-order valence-electron chi connectivity index (χ3n) is 4.41. The van der Waals surface area contributed by atoms with Crippen molar-refractivity contribution in [3.63, 3.8) is 0 Å². The summed E-state index contributed by atoms with van der Waals surface area (Å²) in [5.41, 5.74) is 1.27. The van der Waals surface area contributed by atoms with Gasteiger partial charge in [-0.1, -0.05) is 32.0 Å². The van der Waals surface area contributed by atoms with Crippen molar-refractivity contribution in [2.75, 3.05) is 19.7 Å². The number of para-hydroxylation sites is 1. The highest BCUT2D eigenvalue weighted by Gasteiger charge is 2.37. The summed E-state index contributed by atoms with van der Waals surface area (Å²) in [4.78, 5) is 2.41. The number of aliphatic hydroxyl groups excluding tert-OH is 1. The number of fused-ring (bicyclic) bond motifs is 1. The van der Waals surface area contributed by atoms with E-state index in [0.717, 1.165) is 24.4 Å². The Balaban J connectivity index is 1.80. The Morgan fingerprint density at radius 1 is 1.32 bits per heavy atom. The molecule has 1 N–H and O–H groups in total. The van der Waals surface area contributed by atoms with Crippen molar-refractivity contribution in [3.05, 3.63) is 29.8 Å². The summed E-state index contributed by atoms with van der Waals surface area (Å²) in [6, 6.07) is 7.93. The van der Waals surface area contributed by atoms with Gasteiger partial charge in [0.2, 0.25) is 0 Å². The van der Waals surface area contributed by atoms with E-state index in [4.69, 9.17) is 4.74 Å². The van der Waals surface area contributed by atoms with Crippen molar-refractivity contribution in [2.45, 2.75) is 38.8 Å². The van der Waals surface area contributed by atoms with Crippen molar-refractivity contribution in [1.82, 2.24) is 4.90 Å². The highest BCUT2D eigenvalue weighted by Crippen LogP contribution is 2.37. The van der Waals surface area contributed by atoms with Gasteiger partial charge in [0.1, 0.15) is 18.5 Å². The number of hydrogen-bond acceptors (Lipinski definition) is 3. The summed E-state index contributed by atoms with van der Waals surface area (Å²) in [6.45, 7) is 7.32. The number of ether oxygens (including phenoxy) is 1. The van der Waals surface area contributed by atoms with E-state index in [0.29, 0.717) is 12.0 Å². The van der Waals surface area contributed by atoms with E-state index in [9.17, 15) is 5.11 Å². The van der Waals surface area contributed by atoms with Gasteiger partial charge in [-0.3, -0.25) is 4.90 Å². The van der Waals surface area contributed by atoms with Crippen LogP contribution in [0.2, 0.25) is 0 Å². The van der Waals surface area contributed by atoms with Crippen LogP contribution in [0.1, 0.15) is 38.4 Å². The van der Waals surface area contributed by atoms with Crippen molar-refractivity contribution < 1.29 is 9.84 Å². The van der Waals surface area contributed by atoms with E-state index in [-0.39, 0.29) is 6.04 Å². The quantitative estimate of drug-likeness (QED) is 0.843. The maximum atomic E-state index is 10.6. The minimum absolute atomic E-state index is 0.0921. The van der Waals surface area contributed by atoms with Crippen LogP contribution in [0.25, 0.3) is 0 Å². The van der Waals surface area contributed by atoms with E-state index in [1.54, 1.807) is 0 Å². The lowest BCUT2D eigenvalue weighted by atomic mass is 9.82. The van der Waals surface area contributed by atoms with Gasteiger partial charge in [0.05, 0.1) is 6.04 Å². The molecule has 2 aliphatic rings. The lowest BCUT2D eigenvalue weighted by Gasteiger charge is -2.45. The van der Waals surface area contributed by atoms with Crippen LogP contribution < -0.4 is 4.74 Å². The molecular weight excluding hydrogens is 238 g/mol. The Kier molecular flexibility index (Phi) is 3.27. The van der Waals surface area contributed by atoms with Crippen molar-refractivity contribution in [1.29, 1.82) is 0 Å². The Bertz CT molecular complexity index is 458. The number of aliphatic hydroxyl groups is 1. The van der Waals surface area contributed by atoms with Crippen LogP contribution in [-0.4, -0.2) is 35.7 Å². The predicted octanol–water partition coefficient (Wildman–Crippen LogP) is 2.60. The topological polar surface area (TPSA) is 32.7 Å². The molecule has 2 atom stereocenters. The SMILES string of the molecule is CC1(C)CCCN(C2COc3ccccc3C2O)C1. The summed E-state index contributed by atoms with van der Waals surface area (Å²) in [5.74, 6) is 0.836. The first-order valence-corrected chi connectivity index (χ1v) is 7.21. The average molecular weight is 261 g/mol. The van der Waals surface area contributed by atoms with Gasteiger partial charge in [-0.2, -0.15) is 0 Å². The number of benzene rings is 1. The van der Waals surface area contributed by atoms with Crippen LogP contribution in [0.5, 0.6) is 5.75 Å². The summed E-state index contributed by atoms with van der Waals surface area (Å²) < 4.78 is 5.83. The number of likely N-dealkylation sites (tertiary alicyclic amines) is 1. The third-order valence-corrected chi connectivity index (χ3v) is 4.41. The van der Waals surface area contributed by atoms with Crippen molar-refractivity contribution in [2.24, 2.45) is 5.41 Å². The van der Waals surface area contributed by atoms with E-state index in [2.05, 4.69) is 18.7 Å². The monoisotopic (exact) mass is 261 g/mol. The number of hydrogen-bond donors (Lipinski definition) is 1. The first-order valence-electron chi connectivity index (χ1n) is 7.21. The Labute approximate surface area is 115 Å². The Morgan fingerprint density at radius 2 is 2.11 bits per heavy atom. The van der Waals surface area contributed by atoms with Gasteiger partial charge in [-0.05, 0) is 30.9 Å². The molecule has 104 valence electrons. The molecule has 3 heteroatoms. The smallest absolute Gasteiger partial charge is 0.125 e. The summed E-state index contributed by atoms with van der Waals surface area (Å²) in [6.07, 6.45) is 2.04. The minimum atomic E-state index is -0.432. The maximum absolute atomic E-state index is 10.6. The normalized spacial score (nSPS) is 30.5. The molecule has 0 saturated carbocycles. The van der Waals surface area contributed by atoms with Gasteiger partial charge >= 0.3 is 0 Å². The molecule has 1 saturated heterocycles. The second-order valence-electron chi connectivity index (χ2n) is 6.60. The second-order valence-corrected chi connectivity index (χ2v) is 6.60. The molecule has 1 aromatic rings. The average Bonchev–Trinajstić information content (AvgIpc) is 2.38. The third kappa shape index (κ3) is 2.49. The van der Waals surface area contributed by atoms with Gasteiger partial charge in [0.15, 0.2) is 0 Å². The standard InChI is InChI=1S/C16H23NO2/c1-16(2)8-5-9-17(11-16)13-10-19-14-7-4-3-6-12(14)15(13)18/h3-4,6-7,13,15,18H,5,8-11H2,1-2H3. The number of piperidine rings is 1. The minimum Gasteiger partial charge on any atom is -0.491 e. The molecule has 19 heavy (non-hydrogen) atoms. The predicted molar refractivity (Wildman–Crippen MR) is 75.3 cm³/mol. The molecular formula is C16H23NO2. The van der Waals surface area contributed by atoms with E-state index < -0.39 is 6.10 Å². The van der Waals surface area contributed by atoms with Crippen LogP contribution in [0.15, 0.2) is 24.3 Å². The molecule has 3 rings (SSSR count). The van der Waals surface area contributed by atoms with Gasteiger partial charge in [0, 0.05) is 12.1 Å². The van der Waals surface area contributed by atoms with E-state index in [1.807, 2.05) is 24.3 Å². The van der Waals surface area contributed by atoms with Crippen molar-refractivity contribution >= 4 is 0 Å². The maximum Gasteiger partial charge on any atom is 0.125 e. The zero-order chi connectivity index (χ0) is 13.5. The van der Waals surface area contributed by atoms with Gasteiger partial charge in [0.25, 0.3) is 0 Å². The van der Waals surface area contributed by atoms with Crippen LogP contribution in [0, 0.1) is 5.41 Å². The fraction of sp³-hybridized carbons (Fsp3) is 0.625. The molecule has 0 radical (unpaired) electrons. The number of nitrogens with zero attached hydrogens (tertiary/aromatic N) is 1. The molecule has 3 nitrogen and oxygen atoms in total. The lowest BCUT2D eigenvalue weighted by Crippen LogP contribution is -2.51. The fourth-order valence-electron chi connectivity index (χ4n) is 3.39. The molecule has 1 fully saturated rings. The second kappa shape index (κ2) is 4.80. The highest BCUT2D eigenvalue weighted by molar-refractivity contribution is 5.37. The van der Waals surface area contributed by atoms with Crippen LogP contribution in [0.4, 0.5) is 0 Å². The molecule has 0 aromatic heterocycles. The van der Waals surface area contributed by atoms with E-state index >= 15 is 0 Å². The van der Waals surface area contributed by atoms with Crippen molar-refractivity contribution in [3.8, 4) is 5.75 Å². The molecule has 1 aromatic carbocycles. The largest absolute Gasteiger partial charge is 0.491 e. The first kappa shape index (κ1) is 12.9. The fourth-order valence-corrected chi connectivity index (χ4v) is 3.39. The Hall–Kier alpha value is -1.06. The molecule has 2 aliphatic heterocycles. The summed E-state index contributed by atoms with van der Waals surface area (Å²) in [7, 11) is 0. The number of rotatable bonds is 1. The molecule has 0 bridgehead atoms. The Morgan fingerprint density at radius 3 is 2.89 bits per heavy atom. The van der Waals surface area contributed by atoms with Crippen LogP contribution >= 0.6 is 0 Å². The van der Waals surface area contributed by atoms with Gasteiger partial charge in [-0.15, -0.1) is 0 Å². The van der Waals surface area contributed by atoms with Crippen LogP contribution in [-0.2, 0) is 0 Å². The summed E-state index contributed by atoms with van der Waals surface area (Å²) in [5, 5.41) is 10.6. The first-order chi connectivity index (χ1) is 9.07. The zero-order valence-electron chi connectivity index (χ0n) is 11.8. The highest BCUT2D eigenvalue weighted by atomic mass is 16.5. The lowest BCUT2D eigenvalue weighted by molar-refractivity contribution is -0.0272. The van der Waals surface area contributed by atoms with Crippen LogP contribution in [0.3, 0.4) is 0 Å². The molecule has 0 aliphatic carbocycles. The zero-order valence-corrected chi connectivity index (χ0v) is 11.8. The summed E-state index contributed by atoms with van der Waals surface area (Å²) >= 11 is 0.